The number of rotatable bonds is 4. The molecule has 122 valence electrons. The van der Waals surface area contributed by atoms with Crippen molar-refractivity contribution in [1.29, 1.82) is 0 Å². The minimum absolute atomic E-state index is 0.0122. The van der Waals surface area contributed by atoms with Gasteiger partial charge >= 0.3 is 0 Å². The highest BCUT2D eigenvalue weighted by Crippen LogP contribution is 2.72. The Bertz CT molecular complexity index is 608. The normalized spacial score (nSPS) is 16.7. The molecule has 0 amide bonds. The number of benzene rings is 2. The molecule has 0 radical (unpaired) electrons. The van der Waals surface area contributed by atoms with E-state index in [9.17, 15) is 0 Å². The van der Waals surface area contributed by atoms with E-state index in [4.69, 9.17) is 4.18 Å². The third kappa shape index (κ3) is 3.11. The lowest BCUT2D eigenvalue weighted by molar-refractivity contribution is 0.238. The molecule has 0 saturated heterocycles. The highest BCUT2D eigenvalue weighted by molar-refractivity contribution is 8.31. The van der Waals surface area contributed by atoms with E-state index in [-0.39, 0.29) is 10.9 Å². The zero-order chi connectivity index (χ0) is 16.3. The Morgan fingerprint density at radius 3 is 1.61 bits per heavy atom. The summed E-state index contributed by atoms with van der Waals surface area (Å²) in [4.78, 5) is 2.62. The second kappa shape index (κ2) is 6.54. The Morgan fingerprint density at radius 1 is 0.783 bits per heavy atom. The predicted molar refractivity (Wildman–Crippen MR) is 100 cm³/mol. The molecule has 0 unspecified atom stereocenters. The molecule has 1 aliphatic rings. The van der Waals surface area contributed by atoms with Crippen molar-refractivity contribution in [3.63, 3.8) is 0 Å². The predicted octanol–water partition coefficient (Wildman–Crippen LogP) is 6.36. The van der Waals surface area contributed by atoms with Crippen LogP contribution in [0.1, 0.15) is 33.6 Å². The topological polar surface area (TPSA) is 9.23 Å². The molecule has 0 atom stereocenters. The summed E-state index contributed by atoms with van der Waals surface area (Å²) in [6.07, 6.45) is 6.81. The van der Waals surface area contributed by atoms with Gasteiger partial charge in [-0.25, -0.2) is 0 Å². The van der Waals surface area contributed by atoms with Crippen molar-refractivity contribution in [3.05, 3.63) is 72.8 Å². The zero-order valence-corrected chi connectivity index (χ0v) is 15.1. The van der Waals surface area contributed by atoms with Crippen molar-refractivity contribution in [2.24, 2.45) is 0 Å². The summed E-state index contributed by atoms with van der Waals surface area (Å²) in [5.74, 6) is 0. The zero-order valence-electron chi connectivity index (χ0n) is 14.2. The standard InChI is InChI=1S/C21H26OS/c1-21(2,3)23(19-14-6-4-7-15-19,20-16-8-5-9-17-20)22-18-12-10-11-13-18/h4-11,14-18H,12-13H2,1-3H3. The first kappa shape index (κ1) is 16.4. The Morgan fingerprint density at radius 2 is 1.22 bits per heavy atom. The van der Waals surface area contributed by atoms with Gasteiger partial charge in [-0.05, 0) is 57.9 Å². The molecule has 1 aliphatic carbocycles. The van der Waals surface area contributed by atoms with Crippen LogP contribution in [0.3, 0.4) is 0 Å². The lowest BCUT2D eigenvalue weighted by Gasteiger charge is -2.51. The fourth-order valence-electron chi connectivity index (χ4n) is 3.20. The Labute approximate surface area is 141 Å². The van der Waals surface area contributed by atoms with Crippen molar-refractivity contribution < 1.29 is 4.18 Å². The van der Waals surface area contributed by atoms with E-state index < -0.39 is 10.3 Å². The van der Waals surface area contributed by atoms with E-state index in [1.807, 2.05) is 0 Å². The summed E-state index contributed by atoms with van der Waals surface area (Å²) >= 11 is 0. The summed E-state index contributed by atoms with van der Waals surface area (Å²) in [5, 5.41) is 0. The lowest BCUT2D eigenvalue weighted by atomic mass is 10.3. The molecule has 2 aromatic rings. The quantitative estimate of drug-likeness (QED) is 0.594. The van der Waals surface area contributed by atoms with E-state index >= 15 is 0 Å². The average molecular weight is 327 g/mol. The van der Waals surface area contributed by atoms with Crippen LogP contribution < -0.4 is 0 Å². The molecule has 0 saturated carbocycles. The maximum Gasteiger partial charge on any atom is 0.0778 e. The van der Waals surface area contributed by atoms with Crippen LogP contribution in [-0.4, -0.2) is 10.9 Å². The second-order valence-electron chi connectivity index (χ2n) is 6.96. The van der Waals surface area contributed by atoms with Gasteiger partial charge in [0.15, 0.2) is 0 Å². The van der Waals surface area contributed by atoms with Gasteiger partial charge in [0.05, 0.1) is 6.10 Å². The second-order valence-corrected chi connectivity index (χ2v) is 10.4. The summed E-state index contributed by atoms with van der Waals surface area (Å²) in [6.45, 7) is 6.93. The molecule has 3 rings (SSSR count). The Hall–Kier alpha value is -1.51. The third-order valence-corrected chi connectivity index (χ3v) is 8.42. The first-order valence-corrected chi connectivity index (χ1v) is 9.86. The van der Waals surface area contributed by atoms with E-state index in [2.05, 4.69) is 93.6 Å². The molecular formula is C21H26OS. The minimum atomic E-state index is -1.59. The number of hydrogen-bond acceptors (Lipinski definition) is 1. The van der Waals surface area contributed by atoms with E-state index in [0.29, 0.717) is 0 Å². The molecule has 0 aromatic heterocycles. The van der Waals surface area contributed by atoms with Crippen LogP contribution in [0.15, 0.2) is 82.6 Å². The molecule has 1 nitrogen and oxygen atoms in total. The first-order valence-electron chi connectivity index (χ1n) is 8.30. The van der Waals surface area contributed by atoms with Gasteiger partial charge in [-0.3, -0.25) is 0 Å². The van der Waals surface area contributed by atoms with E-state index in [1.165, 1.54) is 9.79 Å². The van der Waals surface area contributed by atoms with Gasteiger partial charge in [0.1, 0.15) is 0 Å². The van der Waals surface area contributed by atoms with Crippen LogP contribution in [0.2, 0.25) is 0 Å². The minimum Gasteiger partial charge on any atom is -0.324 e. The maximum atomic E-state index is 6.96. The third-order valence-electron chi connectivity index (χ3n) is 4.26. The van der Waals surface area contributed by atoms with Gasteiger partial charge in [-0.2, -0.15) is 0 Å². The van der Waals surface area contributed by atoms with Crippen LogP contribution in [0.25, 0.3) is 0 Å². The van der Waals surface area contributed by atoms with Gasteiger partial charge in [-0.15, -0.1) is 0 Å². The average Bonchev–Trinajstić information content (AvgIpc) is 3.06. The molecular weight excluding hydrogens is 300 g/mol. The molecule has 0 heterocycles. The largest absolute Gasteiger partial charge is 0.324 e. The van der Waals surface area contributed by atoms with Gasteiger partial charge < -0.3 is 4.18 Å². The van der Waals surface area contributed by atoms with Gasteiger partial charge in [0.25, 0.3) is 0 Å². The Balaban J connectivity index is 2.17. The van der Waals surface area contributed by atoms with Crippen LogP contribution in [0, 0.1) is 0 Å². The van der Waals surface area contributed by atoms with Gasteiger partial charge in [0.2, 0.25) is 0 Å². The summed E-state index contributed by atoms with van der Waals surface area (Å²) in [7, 11) is -1.59. The number of hydrogen-bond donors (Lipinski definition) is 0. The fraction of sp³-hybridized carbons (Fsp3) is 0.333. The van der Waals surface area contributed by atoms with E-state index in [1.54, 1.807) is 0 Å². The monoisotopic (exact) mass is 326 g/mol. The maximum absolute atomic E-state index is 6.96. The molecule has 0 aliphatic heterocycles. The van der Waals surface area contributed by atoms with Crippen molar-refractivity contribution in [3.8, 4) is 0 Å². The van der Waals surface area contributed by atoms with Gasteiger partial charge in [-0.1, -0.05) is 58.9 Å². The van der Waals surface area contributed by atoms with Crippen molar-refractivity contribution >= 4 is 10.3 Å². The van der Waals surface area contributed by atoms with E-state index in [0.717, 1.165) is 12.8 Å². The molecule has 23 heavy (non-hydrogen) atoms. The molecule has 0 spiro atoms. The lowest BCUT2D eigenvalue weighted by Crippen LogP contribution is -2.30. The summed E-state index contributed by atoms with van der Waals surface area (Å²) in [6, 6.07) is 21.6. The van der Waals surface area contributed by atoms with Crippen LogP contribution in [0.4, 0.5) is 0 Å². The summed E-state index contributed by atoms with van der Waals surface area (Å²) in [5.41, 5.74) is 0. The SMILES string of the molecule is CC(C)(C)S(OC1CC=CC1)(c1ccccc1)c1ccccc1. The van der Waals surface area contributed by atoms with Crippen molar-refractivity contribution in [1.82, 2.24) is 0 Å². The van der Waals surface area contributed by atoms with Gasteiger partial charge in [0, 0.05) is 14.5 Å². The highest BCUT2D eigenvalue weighted by atomic mass is 32.3. The molecule has 0 bridgehead atoms. The van der Waals surface area contributed by atoms with Crippen molar-refractivity contribution in [2.45, 2.75) is 54.3 Å². The van der Waals surface area contributed by atoms with Crippen LogP contribution >= 0.6 is 10.3 Å². The fourth-order valence-corrected chi connectivity index (χ4v) is 7.04. The first-order chi connectivity index (χ1) is 11.0. The smallest absolute Gasteiger partial charge is 0.0778 e. The van der Waals surface area contributed by atoms with Crippen LogP contribution in [-0.2, 0) is 4.18 Å². The summed E-state index contributed by atoms with van der Waals surface area (Å²) < 4.78 is 6.97. The molecule has 2 aromatic carbocycles. The molecule has 0 fully saturated rings. The Kier molecular flexibility index (Phi) is 4.65. The van der Waals surface area contributed by atoms with Crippen molar-refractivity contribution in [2.75, 3.05) is 0 Å². The van der Waals surface area contributed by atoms with Crippen LogP contribution in [0.5, 0.6) is 0 Å². The molecule has 0 N–H and O–H groups in total. The highest BCUT2D eigenvalue weighted by Gasteiger charge is 2.43. The molecule has 2 heteroatoms.